The van der Waals surface area contributed by atoms with Crippen molar-refractivity contribution in [3.8, 4) is 5.75 Å². The molecule has 3 amide bonds. The molecule has 1 aromatic carbocycles. The molecule has 1 rings (SSSR count). The highest BCUT2D eigenvalue weighted by Crippen LogP contribution is 2.15. The Labute approximate surface area is 118 Å². The van der Waals surface area contributed by atoms with E-state index in [0.717, 1.165) is 16.9 Å². The third kappa shape index (κ3) is 6.19. The number of ether oxygens (including phenoxy) is 1. The van der Waals surface area contributed by atoms with Gasteiger partial charge in [-0.3, -0.25) is 15.0 Å². The van der Waals surface area contributed by atoms with Gasteiger partial charge < -0.3 is 10.5 Å². The standard InChI is InChI=1S/C14H21N3O3/c1-10-6-11(2)8-12(7-10)20-5-4-17(3)9-13(18)16-14(15)19/h6-8H,4-5,9H2,1-3H3,(H3,15,16,18,19). The van der Waals surface area contributed by atoms with E-state index >= 15 is 0 Å². The Morgan fingerprint density at radius 1 is 1.25 bits per heavy atom. The summed E-state index contributed by atoms with van der Waals surface area (Å²) >= 11 is 0. The third-order valence-corrected chi connectivity index (χ3v) is 2.61. The number of aryl methyl sites for hydroxylation is 2. The van der Waals surface area contributed by atoms with Crippen molar-refractivity contribution >= 4 is 11.9 Å². The lowest BCUT2D eigenvalue weighted by Crippen LogP contribution is -2.42. The van der Waals surface area contributed by atoms with Crippen molar-refractivity contribution in [3.05, 3.63) is 29.3 Å². The zero-order valence-corrected chi connectivity index (χ0v) is 12.1. The predicted molar refractivity (Wildman–Crippen MR) is 76.6 cm³/mol. The van der Waals surface area contributed by atoms with Gasteiger partial charge in [-0.25, -0.2) is 4.79 Å². The first-order valence-electron chi connectivity index (χ1n) is 6.35. The van der Waals surface area contributed by atoms with Gasteiger partial charge in [-0.1, -0.05) is 6.07 Å². The summed E-state index contributed by atoms with van der Waals surface area (Å²) in [5.41, 5.74) is 7.15. The number of amides is 3. The Bertz CT molecular complexity index is 468. The highest BCUT2D eigenvalue weighted by molar-refractivity contribution is 5.94. The summed E-state index contributed by atoms with van der Waals surface area (Å²) in [5, 5.41) is 2.01. The SMILES string of the molecule is Cc1cc(C)cc(OCCN(C)CC(=O)NC(N)=O)c1. The summed E-state index contributed by atoms with van der Waals surface area (Å²) in [6, 6.07) is 5.17. The summed E-state index contributed by atoms with van der Waals surface area (Å²) < 4.78 is 5.64. The van der Waals surface area contributed by atoms with E-state index in [2.05, 4.69) is 6.07 Å². The van der Waals surface area contributed by atoms with Crippen LogP contribution in [0.2, 0.25) is 0 Å². The number of imide groups is 1. The van der Waals surface area contributed by atoms with E-state index in [1.54, 1.807) is 11.9 Å². The number of hydrogen-bond acceptors (Lipinski definition) is 4. The van der Waals surface area contributed by atoms with Crippen LogP contribution in [0.5, 0.6) is 5.75 Å². The molecule has 6 nitrogen and oxygen atoms in total. The fraction of sp³-hybridized carbons (Fsp3) is 0.429. The Morgan fingerprint density at radius 2 is 1.85 bits per heavy atom. The Kier molecular flexibility index (Phi) is 5.99. The lowest BCUT2D eigenvalue weighted by molar-refractivity contribution is -0.120. The van der Waals surface area contributed by atoms with Gasteiger partial charge in [0.15, 0.2) is 0 Å². The molecule has 0 bridgehead atoms. The van der Waals surface area contributed by atoms with E-state index < -0.39 is 11.9 Å². The summed E-state index contributed by atoms with van der Waals surface area (Å²) in [6.07, 6.45) is 0. The van der Waals surface area contributed by atoms with Crippen LogP contribution in [-0.4, -0.2) is 43.6 Å². The van der Waals surface area contributed by atoms with Gasteiger partial charge in [0, 0.05) is 6.54 Å². The normalized spacial score (nSPS) is 10.4. The van der Waals surface area contributed by atoms with Gasteiger partial charge in [-0.2, -0.15) is 0 Å². The number of carbonyl (C=O) groups is 2. The average molecular weight is 279 g/mol. The highest BCUT2D eigenvalue weighted by atomic mass is 16.5. The average Bonchev–Trinajstić information content (AvgIpc) is 2.25. The molecule has 0 heterocycles. The Morgan fingerprint density at radius 3 is 2.40 bits per heavy atom. The molecule has 3 N–H and O–H groups in total. The summed E-state index contributed by atoms with van der Waals surface area (Å²) in [7, 11) is 1.77. The molecule has 0 fully saturated rings. The van der Waals surface area contributed by atoms with Crippen molar-refractivity contribution < 1.29 is 14.3 Å². The van der Waals surface area contributed by atoms with Crippen molar-refractivity contribution in [3.63, 3.8) is 0 Å². The largest absolute Gasteiger partial charge is 0.492 e. The second-order valence-electron chi connectivity index (χ2n) is 4.82. The van der Waals surface area contributed by atoms with Crippen LogP contribution < -0.4 is 15.8 Å². The van der Waals surface area contributed by atoms with E-state index in [1.807, 2.05) is 31.3 Å². The second kappa shape index (κ2) is 7.49. The van der Waals surface area contributed by atoms with Crippen molar-refractivity contribution in [2.24, 2.45) is 5.73 Å². The zero-order valence-electron chi connectivity index (χ0n) is 12.1. The second-order valence-corrected chi connectivity index (χ2v) is 4.82. The number of nitrogens with one attached hydrogen (secondary N) is 1. The first-order chi connectivity index (χ1) is 9.36. The number of likely N-dealkylation sites (N-methyl/N-ethyl adjacent to an activating group) is 1. The number of nitrogens with two attached hydrogens (primary N) is 1. The highest BCUT2D eigenvalue weighted by Gasteiger charge is 2.08. The molecule has 0 aliphatic carbocycles. The Hall–Kier alpha value is -2.08. The smallest absolute Gasteiger partial charge is 0.318 e. The lowest BCUT2D eigenvalue weighted by atomic mass is 10.1. The summed E-state index contributed by atoms with van der Waals surface area (Å²) in [4.78, 5) is 23.5. The minimum atomic E-state index is -0.838. The fourth-order valence-corrected chi connectivity index (χ4v) is 1.84. The Balaban J connectivity index is 2.32. The van der Waals surface area contributed by atoms with Crippen molar-refractivity contribution in [1.82, 2.24) is 10.2 Å². The van der Waals surface area contributed by atoms with E-state index in [9.17, 15) is 9.59 Å². The van der Waals surface area contributed by atoms with Crippen LogP contribution in [0.4, 0.5) is 4.79 Å². The number of carbonyl (C=O) groups excluding carboxylic acids is 2. The van der Waals surface area contributed by atoms with Gasteiger partial charge in [-0.15, -0.1) is 0 Å². The maximum Gasteiger partial charge on any atom is 0.318 e. The van der Waals surface area contributed by atoms with Crippen LogP contribution in [0, 0.1) is 13.8 Å². The molecule has 0 aromatic heterocycles. The molecule has 0 unspecified atom stereocenters. The van der Waals surface area contributed by atoms with Crippen molar-refractivity contribution in [1.29, 1.82) is 0 Å². The number of benzene rings is 1. The topological polar surface area (TPSA) is 84.7 Å². The maximum atomic E-state index is 11.3. The number of rotatable bonds is 6. The van der Waals surface area contributed by atoms with E-state index in [-0.39, 0.29) is 6.54 Å². The van der Waals surface area contributed by atoms with Crippen LogP contribution in [0.25, 0.3) is 0 Å². The number of urea groups is 1. The number of hydrogen-bond donors (Lipinski definition) is 2. The molecule has 0 radical (unpaired) electrons. The van der Waals surface area contributed by atoms with Gasteiger partial charge in [0.2, 0.25) is 5.91 Å². The molecule has 6 heteroatoms. The number of nitrogens with zero attached hydrogens (tertiary/aromatic N) is 1. The van der Waals surface area contributed by atoms with E-state index in [4.69, 9.17) is 10.5 Å². The van der Waals surface area contributed by atoms with Crippen LogP contribution in [0.1, 0.15) is 11.1 Å². The predicted octanol–water partition coefficient (Wildman–Crippen LogP) is 0.809. The van der Waals surface area contributed by atoms with Gasteiger partial charge in [0.05, 0.1) is 6.54 Å². The first-order valence-corrected chi connectivity index (χ1v) is 6.35. The molecule has 0 spiro atoms. The van der Waals surface area contributed by atoms with Crippen LogP contribution in [-0.2, 0) is 4.79 Å². The monoisotopic (exact) mass is 279 g/mol. The minimum absolute atomic E-state index is 0.0964. The molecule has 110 valence electrons. The maximum absolute atomic E-state index is 11.3. The van der Waals surface area contributed by atoms with Gasteiger partial charge >= 0.3 is 6.03 Å². The minimum Gasteiger partial charge on any atom is -0.492 e. The fourth-order valence-electron chi connectivity index (χ4n) is 1.84. The number of primary amides is 1. The van der Waals surface area contributed by atoms with Crippen molar-refractivity contribution in [2.45, 2.75) is 13.8 Å². The molecule has 0 aliphatic heterocycles. The quantitative estimate of drug-likeness (QED) is 0.807. The lowest BCUT2D eigenvalue weighted by Gasteiger charge is -2.16. The van der Waals surface area contributed by atoms with Gasteiger partial charge in [0.25, 0.3) is 0 Å². The summed E-state index contributed by atoms with van der Waals surface area (Å²) in [6.45, 7) is 5.15. The van der Waals surface area contributed by atoms with Gasteiger partial charge in [-0.05, 0) is 44.2 Å². The summed E-state index contributed by atoms with van der Waals surface area (Å²) in [5.74, 6) is 0.392. The molecule has 0 saturated carbocycles. The molecular weight excluding hydrogens is 258 g/mol. The molecule has 0 aliphatic rings. The zero-order chi connectivity index (χ0) is 15.1. The van der Waals surface area contributed by atoms with Crippen molar-refractivity contribution in [2.75, 3.05) is 26.7 Å². The molecule has 1 aromatic rings. The molecule has 0 saturated heterocycles. The van der Waals surface area contributed by atoms with Crippen LogP contribution >= 0.6 is 0 Å². The molecular formula is C14H21N3O3. The molecule has 20 heavy (non-hydrogen) atoms. The van der Waals surface area contributed by atoms with E-state index in [1.165, 1.54) is 0 Å². The molecule has 0 atom stereocenters. The van der Waals surface area contributed by atoms with Crippen LogP contribution in [0.3, 0.4) is 0 Å². The third-order valence-electron chi connectivity index (χ3n) is 2.61. The first kappa shape index (κ1) is 16.0. The van der Waals surface area contributed by atoms with Crippen LogP contribution in [0.15, 0.2) is 18.2 Å². The van der Waals surface area contributed by atoms with Gasteiger partial charge in [0.1, 0.15) is 12.4 Å². The van der Waals surface area contributed by atoms with E-state index in [0.29, 0.717) is 13.2 Å².